The van der Waals surface area contributed by atoms with E-state index in [4.69, 9.17) is 11.6 Å². The van der Waals surface area contributed by atoms with Crippen LogP contribution in [0.2, 0.25) is 0 Å². The number of imidazole rings is 1. The minimum Gasteiger partial charge on any atom is -0.318 e. The van der Waals surface area contributed by atoms with Gasteiger partial charge in [-0.3, -0.25) is 0 Å². The molecule has 2 nitrogen and oxygen atoms in total. The molecule has 0 aliphatic heterocycles. The summed E-state index contributed by atoms with van der Waals surface area (Å²) in [6.45, 7) is 0.764. The average molecular weight is 263 g/mol. The van der Waals surface area contributed by atoms with Crippen LogP contribution in [0.3, 0.4) is 0 Å². The molecular formula is C11H10ClF3N2. The number of aromatic nitrogens is 2. The fraction of sp³-hybridized carbons (Fsp3) is 0.364. The quantitative estimate of drug-likeness (QED) is 0.756. The van der Waals surface area contributed by atoms with Gasteiger partial charge in [0.15, 0.2) is 0 Å². The van der Waals surface area contributed by atoms with Gasteiger partial charge in [-0.1, -0.05) is 6.07 Å². The predicted molar refractivity (Wildman–Crippen MR) is 60.1 cm³/mol. The van der Waals surface area contributed by atoms with Gasteiger partial charge >= 0.3 is 6.18 Å². The van der Waals surface area contributed by atoms with Crippen LogP contribution in [0.15, 0.2) is 18.2 Å². The van der Waals surface area contributed by atoms with Crippen LogP contribution >= 0.6 is 11.6 Å². The SMILES string of the molecule is Cc1ccc2nc(CCl)n(CC(F)(F)F)c2c1. The topological polar surface area (TPSA) is 17.8 Å². The zero-order chi connectivity index (χ0) is 12.6. The Balaban J connectivity index is 2.60. The van der Waals surface area contributed by atoms with Crippen molar-refractivity contribution in [3.63, 3.8) is 0 Å². The highest BCUT2D eigenvalue weighted by atomic mass is 35.5. The van der Waals surface area contributed by atoms with Crippen molar-refractivity contribution in [2.45, 2.75) is 25.5 Å². The first kappa shape index (κ1) is 12.2. The molecule has 1 aromatic carbocycles. The second-order valence-corrected chi connectivity index (χ2v) is 4.12. The Morgan fingerprint density at radius 1 is 1.35 bits per heavy atom. The van der Waals surface area contributed by atoms with E-state index in [9.17, 15) is 13.2 Å². The highest BCUT2D eigenvalue weighted by Crippen LogP contribution is 2.24. The second-order valence-electron chi connectivity index (χ2n) is 3.86. The highest BCUT2D eigenvalue weighted by Gasteiger charge is 2.30. The van der Waals surface area contributed by atoms with Crippen molar-refractivity contribution in [2.24, 2.45) is 0 Å². The van der Waals surface area contributed by atoms with Crippen LogP contribution in [0.5, 0.6) is 0 Å². The molecule has 0 N–H and O–H groups in total. The van der Waals surface area contributed by atoms with E-state index in [0.717, 1.165) is 10.1 Å². The van der Waals surface area contributed by atoms with E-state index >= 15 is 0 Å². The van der Waals surface area contributed by atoms with E-state index in [1.54, 1.807) is 12.1 Å². The summed E-state index contributed by atoms with van der Waals surface area (Å²) < 4.78 is 38.5. The fourth-order valence-electron chi connectivity index (χ4n) is 1.74. The van der Waals surface area contributed by atoms with Gasteiger partial charge in [0.1, 0.15) is 12.4 Å². The lowest BCUT2D eigenvalue weighted by Crippen LogP contribution is -2.19. The van der Waals surface area contributed by atoms with E-state index < -0.39 is 12.7 Å². The summed E-state index contributed by atoms with van der Waals surface area (Å²) in [5, 5.41) is 0. The smallest absolute Gasteiger partial charge is 0.318 e. The van der Waals surface area contributed by atoms with Crippen LogP contribution in [0.25, 0.3) is 11.0 Å². The van der Waals surface area contributed by atoms with Crippen molar-refractivity contribution in [3.05, 3.63) is 29.6 Å². The zero-order valence-corrected chi connectivity index (χ0v) is 9.81. The van der Waals surface area contributed by atoms with Crippen molar-refractivity contribution in [1.29, 1.82) is 0 Å². The lowest BCUT2D eigenvalue weighted by molar-refractivity contribution is -0.140. The maximum absolute atomic E-state index is 12.5. The standard InChI is InChI=1S/C11H10ClF3N2/c1-7-2-3-8-9(4-7)17(6-11(13,14)15)10(5-12)16-8/h2-4H,5-6H2,1H3. The van der Waals surface area contributed by atoms with Crippen molar-refractivity contribution in [2.75, 3.05) is 0 Å². The molecule has 0 saturated carbocycles. The summed E-state index contributed by atoms with van der Waals surface area (Å²) >= 11 is 5.62. The fourth-order valence-corrected chi connectivity index (χ4v) is 1.94. The molecule has 0 unspecified atom stereocenters. The molecule has 0 fully saturated rings. The van der Waals surface area contributed by atoms with E-state index in [1.807, 2.05) is 13.0 Å². The molecule has 0 saturated heterocycles. The normalized spacial score (nSPS) is 12.3. The number of fused-ring (bicyclic) bond motifs is 1. The molecule has 0 amide bonds. The lowest BCUT2D eigenvalue weighted by atomic mass is 10.2. The van der Waals surface area contributed by atoms with Gasteiger partial charge in [-0.25, -0.2) is 4.98 Å². The summed E-state index contributed by atoms with van der Waals surface area (Å²) in [4.78, 5) is 4.09. The number of aryl methyl sites for hydroxylation is 1. The number of benzene rings is 1. The molecule has 0 spiro atoms. The van der Waals surface area contributed by atoms with Crippen LogP contribution in [0, 0.1) is 6.92 Å². The van der Waals surface area contributed by atoms with Crippen molar-refractivity contribution >= 4 is 22.6 Å². The molecule has 0 radical (unpaired) electrons. The number of halogens is 4. The number of rotatable bonds is 2. The van der Waals surface area contributed by atoms with Crippen molar-refractivity contribution in [1.82, 2.24) is 9.55 Å². The number of nitrogens with zero attached hydrogens (tertiary/aromatic N) is 2. The summed E-state index contributed by atoms with van der Waals surface area (Å²) in [5.74, 6) is 0.202. The van der Waals surface area contributed by atoms with E-state index in [0.29, 0.717) is 11.0 Å². The Morgan fingerprint density at radius 2 is 2.06 bits per heavy atom. The van der Waals surface area contributed by atoms with Gasteiger partial charge in [0.2, 0.25) is 0 Å². The molecule has 0 aliphatic carbocycles. The third-order valence-electron chi connectivity index (χ3n) is 2.44. The summed E-state index contributed by atoms with van der Waals surface area (Å²) in [7, 11) is 0. The van der Waals surface area contributed by atoms with Gasteiger partial charge in [0.25, 0.3) is 0 Å². The maximum atomic E-state index is 12.5. The Kier molecular flexibility index (Phi) is 3.03. The van der Waals surface area contributed by atoms with E-state index in [1.165, 1.54) is 0 Å². The largest absolute Gasteiger partial charge is 0.406 e. The van der Waals surface area contributed by atoms with E-state index in [-0.39, 0.29) is 11.7 Å². The second kappa shape index (κ2) is 4.22. The van der Waals surface area contributed by atoms with Crippen LogP contribution < -0.4 is 0 Å². The summed E-state index contributed by atoms with van der Waals surface area (Å²) in [6, 6.07) is 5.20. The Morgan fingerprint density at radius 3 is 2.65 bits per heavy atom. The number of hydrogen-bond acceptors (Lipinski definition) is 1. The van der Waals surface area contributed by atoms with Gasteiger partial charge in [0.05, 0.1) is 16.9 Å². The minimum atomic E-state index is -4.28. The monoisotopic (exact) mass is 262 g/mol. The molecule has 0 bridgehead atoms. The summed E-state index contributed by atoms with van der Waals surface area (Å²) in [5.41, 5.74) is 1.90. The van der Waals surface area contributed by atoms with Gasteiger partial charge in [-0.05, 0) is 24.6 Å². The summed E-state index contributed by atoms with van der Waals surface area (Å²) in [6.07, 6.45) is -4.28. The molecule has 17 heavy (non-hydrogen) atoms. The van der Waals surface area contributed by atoms with Crippen molar-refractivity contribution < 1.29 is 13.2 Å². The van der Waals surface area contributed by atoms with Gasteiger partial charge in [0, 0.05) is 0 Å². The Bertz CT molecular complexity index is 545. The molecule has 92 valence electrons. The number of alkyl halides is 4. The average Bonchev–Trinajstić information content (AvgIpc) is 2.54. The third kappa shape index (κ3) is 2.54. The molecule has 0 atom stereocenters. The molecule has 1 heterocycles. The molecule has 2 aromatic rings. The molecule has 1 aromatic heterocycles. The first-order valence-electron chi connectivity index (χ1n) is 4.99. The maximum Gasteiger partial charge on any atom is 0.406 e. The molecule has 0 aliphatic rings. The third-order valence-corrected chi connectivity index (χ3v) is 2.68. The molecular weight excluding hydrogens is 253 g/mol. The van der Waals surface area contributed by atoms with Gasteiger partial charge in [-0.2, -0.15) is 13.2 Å². The molecule has 6 heteroatoms. The minimum absolute atomic E-state index is 0.0379. The number of hydrogen-bond donors (Lipinski definition) is 0. The van der Waals surface area contributed by atoms with Crippen molar-refractivity contribution in [3.8, 4) is 0 Å². The highest BCUT2D eigenvalue weighted by molar-refractivity contribution is 6.16. The first-order valence-corrected chi connectivity index (χ1v) is 5.52. The first-order chi connectivity index (χ1) is 7.90. The van der Waals surface area contributed by atoms with Crippen LogP contribution in [-0.4, -0.2) is 15.7 Å². The van der Waals surface area contributed by atoms with Gasteiger partial charge in [-0.15, -0.1) is 11.6 Å². The van der Waals surface area contributed by atoms with Gasteiger partial charge < -0.3 is 4.57 Å². The van der Waals surface area contributed by atoms with Crippen LogP contribution in [0.4, 0.5) is 13.2 Å². The Hall–Kier alpha value is -1.23. The van der Waals surface area contributed by atoms with Crippen LogP contribution in [0.1, 0.15) is 11.4 Å². The van der Waals surface area contributed by atoms with Crippen LogP contribution in [-0.2, 0) is 12.4 Å². The van der Waals surface area contributed by atoms with E-state index in [2.05, 4.69) is 4.98 Å². The molecule has 2 rings (SSSR count). The zero-order valence-electron chi connectivity index (χ0n) is 9.05. The predicted octanol–water partition coefficient (Wildman–Crippen LogP) is 3.65. The Labute approximate surface area is 101 Å². The lowest BCUT2D eigenvalue weighted by Gasteiger charge is -2.10.